The van der Waals surface area contributed by atoms with Crippen LogP contribution in [0.4, 0.5) is 4.39 Å². The van der Waals surface area contributed by atoms with E-state index >= 15 is 0 Å². The fourth-order valence-electron chi connectivity index (χ4n) is 3.24. The van der Waals surface area contributed by atoms with Gasteiger partial charge in [-0.15, -0.1) is 0 Å². The van der Waals surface area contributed by atoms with Crippen LogP contribution in [0.25, 0.3) is 10.9 Å². The molecule has 0 spiro atoms. The number of aliphatic hydroxyl groups is 1. The number of nitrogens with one attached hydrogen (secondary N) is 2. The van der Waals surface area contributed by atoms with Crippen LogP contribution < -0.4 is 10.6 Å². The molecule has 2 aromatic rings. The van der Waals surface area contributed by atoms with Gasteiger partial charge in [-0.2, -0.15) is 0 Å². The number of β-amino-alcohol motifs (C(OH)–C–C–N with tert-alkyl or cyclic N) is 1. The summed E-state index contributed by atoms with van der Waals surface area (Å²) in [6, 6.07) is 6.14. The van der Waals surface area contributed by atoms with Crippen molar-refractivity contribution >= 4 is 16.8 Å². The van der Waals surface area contributed by atoms with Crippen LogP contribution in [-0.4, -0.2) is 41.7 Å². The lowest BCUT2D eigenvalue weighted by Crippen LogP contribution is -2.34. The molecule has 1 aliphatic heterocycles. The van der Waals surface area contributed by atoms with Gasteiger partial charge in [-0.3, -0.25) is 9.78 Å². The van der Waals surface area contributed by atoms with Crippen molar-refractivity contribution in [3.05, 3.63) is 41.3 Å². The number of benzene rings is 1. The summed E-state index contributed by atoms with van der Waals surface area (Å²) in [5.74, 6) is -0.213. The molecule has 5 nitrogen and oxygen atoms in total. The molecule has 0 radical (unpaired) electrons. The van der Waals surface area contributed by atoms with E-state index in [1.54, 1.807) is 12.1 Å². The van der Waals surface area contributed by atoms with E-state index in [-0.39, 0.29) is 17.6 Å². The van der Waals surface area contributed by atoms with E-state index in [0.717, 1.165) is 18.5 Å². The molecular formula is C18H20FN3O2. The molecule has 1 aliphatic carbocycles. The minimum Gasteiger partial charge on any atom is -0.391 e. The molecule has 0 bridgehead atoms. The lowest BCUT2D eigenvalue weighted by molar-refractivity contribution is 0.0928. The topological polar surface area (TPSA) is 74.2 Å². The van der Waals surface area contributed by atoms with Gasteiger partial charge in [0, 0.05) is 42.6 Å². The van der Waals surface area contributed by atoms with Gasteiger partial charge in [0.15, 0.2) is 0 Å². The van der Waals surface area contributed by atoms with Crippen molar-refractivity contribution in [2.45, 2.75) is 24.9 Å². The number of hydrogen-bond donors (Lipinski definition) is 3. The van der Waals surface area contributed by atoms with Gasteiger partial charge in [0.2, 0.25) is 0 Å². The zero-order valence-corrected chi connectivity index (χ0v) is 13.3. The lowest BCUT2D eigenvalue weighted by atomic mass is 10.0. The van der Waals surface area contributed by atoms with E-state index in [4.69, 9.17) is 0 Å². The second-order valence-corrected chi connectivity index (χ2v) is 6.73. The molecule has 1 aromatic heterocycles. The SMILES string of the molecule is O=C(NCC1CNCC1O)c1cc(C2CC2)nc2ccc(F)cc12. The molecule has 2 aliphatic rings. The molecule has 6 heteroatoms. The Bertz CT molecular complexity index is 791. The fourth-order valence-corrected chi connectivity index (χ4v) is 3.24. The van der Waals surface area contributed by atoms with E-state index in [9.17, 15) is 14.3 Å². The summed E-state index contributed by atoms with van der Waals surface area (Å²) in [6.45, 7) is 1.63. The Kier molecular flexibility index (Phi) is 3.94. The van der Waals surface area contributed by atoms with E-state index in [1.165, 1.54) is 12.1 Å². The number of aliphatic hydroxyl groups excluding tert-OH is 1. The zero-order chi connectivity index (χ0) is 16.7. The molecule has 2 heterocycles. The Morgan fingerprint density at radius 1 is 1.33 bits per heavy atom. The van der Waals surface area contributed by atoms with E-state index < -0.39 is 6.10 Å². The average molecular weight is 329 g/mol. The van der Waals surface area contributed by atoms with Crippen LogP contribution in [0.2, 0.25) is 0 Å². The highest BCUT2D eigenvalue weighted by atomic mass is 19.1. The number of halogens is 1. The molecular weight excluding hydrogens is 309 g/mol. The predicted octanol–water partition coefficient (Wildman–Crippen LogP) is 1.56. The number of amides is 1. The first-order valence-corrected chi connectivity index (χ1v) is 8.39. The second kappa shape index (κ2) is 6.11. The quantitative estimate of drug-likeness (QED) is 0.796. The van der Waals surface area contributed by atoms with Gasteiger partial charge in [0.05, 0.1) is 17.2 Å². The largest absolute Gasteiger partial charge is 0.391 e. The number of carbonyl (C=O) groups excluding carboxylic acids is 1. The fraction of sp³-hybridized carbons (Fsp3) is 0.444. The van der Waals surface area contributed by atoms with Gasteiger partial charge in [0.1, 0.15) is 5.82 Å². The molecule has 1 saturated heterocycles. The number of fused-ring (bicyclic) bond motifs is 1. The standard InChI is InChI=1S/C18H20FN3O2/c19-12-3-4-15-13(5-12)14(6-16(22-15)10-1-2-10)18(24)21-8-11-7-20-9-17(11)23/h3-6,10-11,17,20,23H,1-2,7-9H2,(H,21,24). The highest BCUT2D eigenvalue weighted by Crippen LogP contribution is 2.40. The Balaban J connectivity index is 1.63. The highest BCUT2D eigenvalue weighted by Gasteiger charge is 2.28. The van der Waals surface area contributed by atoms with Crippen molar-refractivity contribution < 1.29 is 14.3 Å². The van der Waals surface area contributed by atoms with Crippen molar-refractivity contribution in [3.63, 3.8) is 0 Å². The predicted molar refractivity (Wildman–Crippen MR) is 88.4 cm³/mol. The van der Waals surface area contributed by atoms with E-state index in [1.807, 2.05) is 0 Å². The minimum absolute atomic E-state index is 0.00156. The van der Waals surface area contributed by atoms with Crippen LogP contribution in [0.1, 0.15) is 34.8 Å². The number of pyridine rings is 1. The van der Waals surface area contributed by atoms with Crippen molar-refractivity contribution in [2.75, 3.05) is 19.6 Å². The van der Waals surface area contributed by atoms with Crippen LogP contribution in [-0.2, 0) is 0 Å². The third-order valence-corrected chi connectivity index (χ3v) is 4.86. The molecule has 4 rings (SSSR count). The molecule has 24 heavy (non-hydrogen) atoms. The van der Waals surface area contributed by atoms with Gasteiger partial charge in [0.25, 0.3) is 5.91 Å². The molecule has 2 atom stereocenters. The second-order valence-electron chi connectivity index (χ2n) is 6.73. The van der Waals surface area contributed by atoms with Gasteiger partial charge in [-0.25, -0.2) is 4.39 Å². The summed E-state index contributed by atoms with van der Waals surface area (Å²) in [5.41, 5.74) is 2.01. The first kappa shape index (κ1) is 15.5. The van der Waals surface area contributed by atoms with Gasteiger partial charge < -0.3 is 15.7 Å². The Morgan fingerprint density at radius 2 is 2.17 bits per heavy atom. The lowest BCUT2D eigenvalue weighted by Gasteiger charge is -2.15. The average Bonchev–Trinajstić information content (AvgIpc) is 3.34. The van der Waals surface area contributed by atoms with E-state index in [0.29, 0.717) is 42.0 Å². The Morgan fingerprint density at radius 3 is 2.88 bits per heavy atom. The smallest absolute Gasteiger partial charge is 0.252 e. The van der Waals surface area contributed by atoms with Crippen LogP contribution in [0.3, 0.4) is 0 Å². The molecule has 126 valence electrons. The van der Waals surface area contributed by atoms with Crippen molar-refractivity contribution in [1.82, 2.24) is 15.6 Å². The minimum atomic E-state index is -0.445. The monoisotopic (exact) mass is 329 g/mol. The van der Waals surface area contributed by atoms with Crippen LogP contribution in [0, 0.1) is 11.7 Å². The van der Waals surface area contributed by atoms with Crippen LogP contribution >= 0.6 is 0 Å². The molecule has 1 saturated carbocycles. The number of hydrogen-bond acceptors (Lipinski definition) is 4. The zero-order valence-electron chi connectivity index (χ0n) is 13.3. The van der Waals surface area contributed by atoms with E-state index in [2.05, 4.69) is 15.6 Å². The maximum Gasteiger partial charge on any atom is 0.252 e. The van der Waals surface area contributed by atoms with Crippen molar-refractivity contribution in [1.29, 1.82) is 0 Å². The molecule has 2 fully saturated rings. The van der Waals surface area contributed by atoms with Gasteiger partial charge in [-0.05, 0) is 37.1 Å². The summed E-state index contributed by atoms with van der Waals surface area (Å²) in [4.78, 5) is 17.2. The first-order valence-electron chi connectivity index (χ1n) is 8.39. The summed E-state index contributed by atoms with van der Waals surface area (Å²) < 4.78 is 13.6. The van der Waals surface area contributed by atoms with Crippen LogP contribution in [0.15, 0.2) is 24.3 Å². The molecule has 1 aromatic carbocycles. The van der Waals surface area contributed by atoms with Crippen molar-refractivity contribution in [2.24, 2.45) is 5.92 Å². The number of aromatic nitrogens is 1. The number of rotatable bonds is 4. The summed E-state index contributed by atoms with van der Waals surface area (Å²) >= 11 is 0. The maximum atomic E-state index is 13.6. The molecule has 2 unspecified atom stereocenters. The summed E-state index contributed by atoms with van der Waals surface area (Å²) in [7, 11) is 0. The Hall–Kier alpha value is -2.05. The van der Waals surface area contributed by atoms with Crippen molar-refractivity contribution in [3.8, 4) is 0 Å². The van der Waals surface area contributed by atoms with Gasteiger partial charge >= 0.3 is 0 Å². The third-order valence-electron chi connectivity index (χ3n) is 4.86. The maximum absolute atomic E-state index is 13.6. The highest BCUT2D eigenvalue weighted by molar-refractivity contribution is 6.06. The normalized spacial score (nSPS) is 23.6. The molecule has 3 N–H and O–H groups in total. The van der Waals surface area contributed by atoms with Gasteiger partial charge in [-0.1, -0.05) is 0 Å². The summed E-state index contributed by atoms with van der Waals surface area (Å²) in [6.07, 6.45) is 1.72. The molecule has 1 amide bonds. The number of carbonyl (C=O) groups is 1. The first-order chi connectivity index (χ1) is 11.6. The van der Waals surface area contributed by atoms with Crippen LogP contribution in [0.5, 0.6) is 0 Å². The number of nitrogens with zero attached hydrogens (tertiary/aromatic N) is 1. The Labute approximate surface area is 139 Å². The third kappa shape index (κ3) is 2.99. The summed E-state index contributed by atoms with van der Waals surface area (Å²) in [5, 5.41) is 16.3.